The zero-order valence-electron chi connectivity index (χ0n) is 12.0. The van der Waals surface area contributed by atoms with Crippen molar-refractivity contribution in [3.8, 4) is 0 Å². The van der Waals surface area contributed by atoms with Crippen LogP contribution in [0.5, 0.6) is 0 Å². The second kappa shape index (κ2) is 5.68. The molecule has 17 heavy (non-hydrogen) atoms. The van der Waals surface area contributed by atoms with E-state index in [-0.39, 0.29) is 0 Å². The third-order valence-electron chi connectivity index (χ3n) is 4.51. The van der Waals surface area contributed by atoms with Gasteiger partial charge in [-0.2, -0.15) is 0 Å². The maximum absolute atomic E-state index is 2.70. The SMILES string of the molecule is CC(C)N1CCC(CN2CCN(C)CC2C)C1. The third kappa shape index (κ3) is 3.43. The molecule has 2 fully saturated rings. The van der Waals surface area contributed by atoms with Gasteiger partial charge in [0.25, 0.3) is 0 Å². The van der Waals surface area contributed by atoms with Crippen molar-refractivity contribution >= 4 is 0 Å². The highest BCUT2D eigenvalue weighted by Gasteiger charge is 2.29. The lowest BCUT2D eigenvalue weighted by Crippen LogP contribution is -2.51. The Bertz CT molecular complexity index is 242. The van der Waals surface area contributed by atoms with Gasteiger partial charge in [0.2, 0.25) is 0 Å². The summed E-state index contributed by atoms with van der Waals surface area (Å²) in [4.78, 5) is 7.79. The number of nitrogens with zero attached hydrogens (tertiary/aromatic N) is 3. The smallest absolute Gasteiger partial charge is 0.0195 e. The number of likely N-dealkylation sites (tertiary alicyclic amines) is 1. The van der Waals surface area contributed by atoms with E-state index in [4.69, 9.17) is 0 Å². The molecule has 2 saturated heterocycles. The molecule has 0 radical (unpaired) electrons. The van der Waals surface area contributed by atoms with Gasteiger partial charge in [0.15, 0.2) is 0 Å². The molecule has 0 aromatic rings. The first-order valence-electron chi connectivity index (χ1n) is 7.23. The average molecular weight is 239 g/mol. The van der Waals surface area contributed by atoms with Crippen molar-refractivity contribution in [2.24, 2.45) is 5.92 Å². The number of hydrogen-bond donors (Lipinski definition) is 0. The fourth-order valence-electron chi connectivity index (χ4n) is 3.26. The van der Waals surface area contributed by atoms with E-state index < -0.39 is 0 Å². The van der Waals surface area contributed by atoms with Gasteiger partial charge in [-0.1, -0.05) is 0 Å². The average Bonchev–Trinajstić information content (AvgIpc) is 2.71. The molecular formula is C14H29N3. The predicted octanol–water partition coefficient (Wildman–Crippen LogP) is 1.35. The van der Waals surface area contributed by atoms with Gasteiger partial charge < -0.3 is 9.80 Å². The van der Waals surface area contributed by atoms with E-state index in [2.05, 4.69) is 42.5 Å². The van der Waals surface area contributed by atoms with E-state index in [1.165, 1.54) is 45.7 Å². The van der Waals surface area contributed by atoms with Crippen LogP contribution in [-0.2, 0) is 0 Å². The molecule has 0 saturated carbocycles. The van der Waals surface area contributed by atoms with Crippen LogP contribution in [0.25, 0.3) is 0 Å². The van der Waals surface area contributed by atoms with Gasteiger partial charge in [0.1, 0.15) is 0 Å². The molecule has 0 aliphatic carbocycles. The third-order valence-corrected chi connectivity index (χ3v) is 4.51. The van der Waals surface area contributed by atoms with E-state index in [1.807, 2.05) is 0 Å². The molecule has 0 N–H and O–H groups in total. The molecule has 2 heterocycles. The quantitative estimate of drug-likeness (QED) is 0.736. The van der Waals surface area contributed by atoms with Crippen molar-refractivity contribution in [2.45, 2.75) is 39.3 Å². The van der Waals surface area contributed by atoms with E-state index >= 15 is 0 Å². The van der Waals surface area contributed by atoms with Crippen molar-refractivity contribution in [1.82, 2.24) is 14.7 Å². The Balaban J connectivity index is 1.78. The first kappa shape index (κ1) is 13.3. The molecule has 100 valence electrons. The molecule has 0 amide bonds. The minimum atomic E-state index is 0.727. The lowest BCUT2D eigenvalue weighted by Gasteiger charge is -2.39. The molecule has 0 bridgehead atoms. The Morgan fingerprint density at radius 1 is 1.12 bits per heavy atom. The Hall–Kier alpha value is -0.120. The van der Waals surface area contributed by atoms with Gasteiger partial charge in [-0.25, -0.2) is 0 Å². The first-order chi connectivity index (χ1) is 8.06. The molecule has 3 nitrogen and oxygen atoms in total. The zero-order chi connectivity index (χ0) is 12.4. The molecule has 2 atom stereocenters. The van der Waals surface area contributed by atoms with Gasteiger partial charge in [-0.15, -0.1) is 0 Å². The van der Waals surface area contributed by atoms with E-state index in [9.17, 15) is 0 Å². The summed E-state index contributed by atoms with van der Waals surface area (Å²) in [6.07, 6.45) is 1.40. The molecular weight excluding hydrogens is 210 g/mol. The topological polar surface area (TPSA) is 9.72 Å². The first-order valence-corrected chi connectivity index (χ1v) is 7.23. The van der Waals surface area contributed by atoms with Crippen LogP contribution in [-0.4, -0.2) is 73.1 Å². The highest BCUT2D eigenvalue weighted by molar-refractivity contribution is 4.84. The summed E-state index contributed by atoms with van der Waals surface area (Å²) < 4.78 is 0. The summed E-state index contributed by atoms with van der Waals surface area (Å²) in [5.41, 5.74) is 0. The summed E-state index contributed by atoms with van der Waals surface area (Å²) in [5.74, 6) is 0.906. The molecule has 3 heteroatoms. The minimum Gasteiger partial charge on any atom is -0.304 e. The highest BCUT2D eigenvalue weighted by atomic mass is 15.3. The highest BCUT2D eigenvalue weighted by Crippen LogP contribution is 2.21. The maximum atomic E-state index is 2.70. The van der Waals surface area contributed by atoms with Gasteiger partial charge in [-0.3, -0.25) is 4.90 Å². The Morgan fingerprint density at radius 2 is 1.88 bits per heavy atom. The molecule has 0 spiro atoms. The van der Waals surface area contributed by atoms with Crippen LogP contribution in [0.15, 0.2) is 0 Å². The molecule has 2 rings (SSSR count). The Kier molecular flexibility index (Phi) is 4.45. The molecule has 2 aliphatic rings. The Labute approximate surface area is 107 Å². The van der Waals surface area contributed by atoms with Crippen LogP contribution in [0, 0.1) is 5.92 Å². The second-order valence-electron chi connectivity index (χ2n) is 6.35. The normalized spacial score (nSPS) is 33.7. The van der Waals surface area contributed by atoms with Crippen molar-refractivity contribution < 1.29 is 0 Å². The fraction of sp³-hybridized carbons (Fsp3) is 1.00. The second-order valence-corrected chi connectivity index (χ2v) is 6.35. The minimum absolute atomic E-state index is 0.727. The number of piperazine rings is 1. The van der Waals surface area contributed by atoms with Crippen LogP contribution in [0.3, 0.4) is 0 Å². The van der Waals surface area contributed by atoms with Crippen LogP contribution in [0.1, 0.15) is 27.2 Å². The Morgan fingerprint density at radius 3 is 2.47 bits per heavy atom. The monoisotopic (exact) mass is 239 g/mol. The van der Waals surface area contributed by atoms with E-state index in [1.54, 1.807) is 0 Å². The standard InChI is InChI=1S/C14H29N3/c1-12(2)16-6-5-14(10-16)11-17-8-7-15(4)9-13(17)3/h12-14H,5-11H2,1-4H3. The van der Waals surface area contributed by atoms with Crippen molar-refractivity contribution in [3.63, 3.8) is 0 Å². The zero-order valence-corrected chi connectivity index (χ0v) is 12.0. The van der Waals surface area contributed by atoms with Gasteiger partial charge in [0.05, 0.1) is 0 Å². The number of hydrogen-bond acceptors (Lipinski definition) is 3. The van der Waals surface area contributed by atoms with Crippen LogP contribution in [0.4, 0.5) is 0 Å². The van der Waals surface area contributed by atoms with Crippen molar-refractivity contribution in [2.75, 3.05) is 46.3 Å². The summed E-state index contributed by atoms with van der Waals surface area (Å²) in [6, 6.07) is 1.46. The summed E-state index contributed by atoms with van der Waals surface area (Å²) in [7, 11) is 2.24. The fourth-order valence-corrected chi connectivity index (χ4v) is 3.26. The lowest BCUT2D eigenvalue weighted by molar-refractivity contribution is 0.0850. The van der Waals surface area contributed by atoms with Crippen molar-refractivity contribution in [1.29, 1.82) is 0 Å². The molecule has 2 unspecified atom stereocenters. The van der Waals surface area contributed by atoms with E-state index in [0.717, 1.165) is 18.0 Å². The summed E-state index contributed by atoms with van der Waals surface area (Å²) in [5, 5.41) is 0. The molecule has 2 aliphatic heterocycles. The van der Waals surface area contributed by atoms with Crippen LogP contribution in [0.2, 0.25) is 0 Å². The van der Waals surface area contributed by atoms with Crippen LogP contribution < -0.4 is 0 Å². The van der Waals surface area contributed by atoms with Crippen molar-refractivity contribution in [3.05, 3.63) is 0 Å². The van der Waals surface area contributed by atoms with E-state index in [0.29, 0.717) is 0 Å². The van der Waals surface area contributed by atoms with Gasteiger partial charge >= 0.3 is 0 Å². The lowest BCUT2D eigenvalue weighted by atomic mass is 10.1. The molecule has 0 aromatic carbocycles. The summed E-state index contributed by atoms with van der Waals surface area (Å²) >= 11 is 0. The number of likely N-dealkylation sites (N-methyl/N-ethyl adjacent to an activating group) is 1. The maximum Gasteiger partial charge on any atom is 0.0195 e. The van der Waals surface area contributed by atoms with Gasteiger partial charge in [-0.05, 0) is 46.7 Å². The largest absolute Gasteiger partial charge is 0.304 e. The number of rotatable bonds is 3. The van der Waals surface area contributed by atoms with Crippen LogP contribution >= 0.6 is 0 Å². The summed E-state index contributed by atoms with van der Waals surface area (Å²) in [6.45, 7) is 14.7. The van der Waals surface area contributed by atoms with Gasteiger partial charge in [0, 0.05) is 44.8 Å². The molecule has 0 aromatic heterocycles. The predicted molar refractivity (Wildman–Crippen MR) is 73.3 cm³/mol.